The van der Waals surface area contributed by atoms with Crippen LogP contribution in [-0.4, -0.2) is 14.6 Å². The number of nitrogens with one attached hydrogen (secondary N) is 1. The average Bonchev–Trinajstić information content (AvgIpc) is 3.06. The van der Waals surface area contributed by atoms with Crippen LogP contribution in [0.4, 0.5) is 5.69 Å². The van der Waals surface area contributed by atoms with E-state index in [0.29, 0.717) is 32.8 Å². The molecule has 9 heteroatoms. The monoisotopic (exact) mass is 409 g/mol. The van der Waals surface area contributed by atoms with Crippen LogP contribution in [0.5, 0.6) is 0 Å². The highest BCUT2D eigenvalue weighted by atomic mass is 35.5. The number of benzene rings is 2. The van der Waals surface area contributed by atoms with E-state index in [4.69, 9.17) is 32.8 Å². The van der Waals surface area contributed by atoms with Crippen molar-refractivity contribution in [3.05, 3.63) is 70.4 Å². The summed E-state index contributed by atoms with van der Waals surface area (Å²) in [5, 5.41) is 9.95. The first-order chi connectivity index (χ1) is 12.3. The van der Waals surface area contributed by atoms with Gasteiger partial charge in [-0.25, -0.2) is 13.6 Å². The lowest BCUT2D eigenvalue weighted by atomic mass is 10.2. The minimum absolute atomic E-state index is 0.0288. The van der Waals surface area contributed by atoms with Gasteiger partial charge in [-0.05, 0) is 48.5 Å². The summed E-state index contributed by atoms with van der Waals surface area (Å²) < 4.78 is 28.1. The lowest BCUT2D eigenvalue weighted by Crippen LogP contribution is -2.11. The van der Waals surface area contributed by atoms with Crippen molar-refractivity contribution in [1.29, 1.82) is 0 Å². The van der Waals surface area contributed by atoms with Crippen LogP contribution in [0.3, 0.4) is 0 Å². The summed E-state index contributed by atoms with van der Waals surface area (Å²) in [4.78, 5) is 0.0288. The molecule has 0 aliphatic rings. The van der Waals surface area contributed by atoms with Gasteiger partial charge in [-0.2, -0.15) is 5.10 Å². The van der Waals surface area contributed by atoms with Crippen molar-refractivity contribution in [1.82, 2.24) is 0 Å². The third-order valence-corrected chi connectivity index (χ3v) is 5.16. The summed E-state index contributed by atoms with van der Waals surface area (Å²) in [6.45, 7) is 0. The first-order valence-corrected chi connectivity index (χ1v) is 9.61. The van der Waals surface area contributed by atoms with Gasteiger partial charge in [-0.1, -0.05) is 29.3 Å². The quantitative estimate of drug-likeness (QED) is 0.483. The van der Waals surface area contributed by atoms with E-state index in [9.17, 15) is 8.42 Å². The summed E-state index contributed by atoms with van der Waals surface area (Å²) in [6.07, 6.45) is 1.48. The molecule has 0 amide bonds. The number of nitrogens with two attached hydrogens (primary N) is 1. The topological polar surface area (TPSA) is 97.7 Å². The molecular formula is C17H13Cl2N3O3S. The first kappa shape index (κ1) is 18.5. The van der Waals surface area contributed by atoms with Gasteiger partial charge in [-0.15, -0.1) is 0 Å². The molecule has 0 saturated heterocycles. The molecule has 0 atom stereocenters. The number of anilines is 1. The zero-order chi connectivity index (χ0) is 18.7. The SMILES string of the molecule is NS(=O)(=O)c1ccc(NN=Cc2ccc(-c3cccc(Cl)c3Cl)o2)cc1. The van der Waals surface area contributed by atoms with Gasteiger partial charge in [0.2, 0.25) is 10.0 Å². The Kier molecular flexibility index (Phi) is 5.33. The number of halogens is 2. The predicted molar refractivity (Wildman–Crippen MR) is 103 cm³/mol. The molecule has 0 spiro atoms. The summed E-state index contributed by atoms with van der Waals surface area (Å²) in [5.41, 5.74) is 4.05. The van der Waals surface area contributed by atoms with E-state index < -0.39 is 10.0 Å². The molecule has 3 aromatic rings. The molecular weight excluding hydrogens is 397 g/mol. The Morgan fingerprint density at radius 1 is 1.04 bits per heavy atom. The Bertz CT molecular complexity index is 1060. The lowest BCUT2D eigenvalue weighted by Gasteiger charge is -2.02. The number of sulfonamides is 1. The van der Waals surface area contributed by atoms with Gasteiger partial charge >= 0.3 is 0 Å². The fourth-order valence-electron chi connectivity index (χ4n) is 2.15. The van der Waals surface area contributed by atoms with Crippen LogP contribution in [0.2, 0.25) is 10.0 Å². The molecule has 1 heterocycles. The molecule has 0 aliphatic carbocycles. The second-order valence-corrected chi connectivity index (χ2v) is 7.59. The van der Waals surface area contributed by atoms with Gasteiger partial charge in [0, 0.05) is 5.56 Å². The second-order valence-electron chi connectivity index (χ2n) is 5.24. The van der Waals surface area contributed by atoms with E-state index in [1.54, 1.807) is 42.5 Å². The van der Waals surface area contributed by atoms with Gasteiger partial charge in [0.15, 0.2) is 0 Å². The standard InChI is InChI=1S/C17H13Cl2N3O3S/c18-15-3-1-2-14(17(15)19)16-9-6-12(25-16)10-21-22-11-4-7-13(8-5-11)26(20,23)24/h1-10,22H,(H2,20,23,24). The number of hydrogen-bond acceptors (Lipinski definition) is 5. The van der Waals surface area contributed by atoms with E-state index in [0.717, 1.165) is 0 Å². The molecule has 0 bridgehead atoms. The largest absolute Gasteiger partial charge is 0.455 e. The molecule has 2 aromatic carbocycles. The minimum Gasteiger partial charge on any atom is -0.455 e. The van der Waals surface area contributed by atoms with Crippen molar-refractivity contribution in [2.45, 2.75) is 4.90 Å². The maximum Gasteiger partial charge on any atom is 0.238 e. The Hall–Kier alpha value is -2.32. The van der Waals surface area contributed by atoms with E-state index >= 15 is 0 Å². The molecule has 0 saturated carbocycles. The number of hydrazone groups is 1. The molecule has 6 nitrogen and oxygen atoms in total. The van der Waals surface area contributed by atoms with Crippen LogP contribution in [0.25, 0.3) is 11.3 Å². The average molecular weight is 410 g/mol. The van der Waals surface area contributed by atoms with Crippen LogP contribution in [-0.2, 0) is 10.0 Å². The van der Waals surface area contributed by atoms with Crippen LogP contribution in [0.1, 0.15) is 5.76 Å². The van der Waals surface area contributed by atoms with Crippen LogP contribution in [0.15, 0.2) is 69.0 Å². The lowest BCUT2D eigenvalue weighted by molar-refractivity contribution is 0.575. The third kappa shape index (κ3) is 4.25. The van der Waals surface area contributed by atoms with Crippen molar-refractivity contribution in [3.8, 4) is 11.3 Å². The number of primary sulfonamides is 1. The maximum absolute atomic E-state index is 11.2. The Morgan fingerprint density at radius 3 is 2.46 bits per heavy atom. The number of furan rings is 1. The molecule has 0 fully saturated rings. The molecule has 1 aromatic heterocycles. The van der Waals surface area contributed by atoms with Crippen LogP contribution < -0.4 is 10.6 Å². The molecule has 0 radical (unpaired) electrons. The predicted octanol–water partition coefficient (Wildman–Crippen LogP) is 4.35. The van der Waals surface area contributed by atoms with Crippen molar-refractivity contribution in [3.63, 3.8) is 0 Å². The minimum atomic E-state index is -3.71. The van der Waals surface area contributed by atoms with E-state index in [1.165, 1.54) is 18.3 Å². The summed E-state index contributed by atoms with van der Waals surface area (Å²) in [7, 11) is -3.71. The second kappa shape index (κ2) is 7.51. The molecule has 0 unspecified atom stereocenters. The molecule has 0 aliphatic heterocycles. The molecule has 3 N–H and O–H groups in total. The van der Waals surface area contributed by atoms with Gasteiger partial charge in [0.1, 0.15) is 11.5 Å². The summed E-state index contributed by atoms with van der Waals surface area (Å²) in [5.74, 6) is 1.07. The van der Waals surface area contributed by atoms with Crippen molar-refractivity contribution in [2.75, 3.05) is 5.43 Å². The zero-order valence-corrected chi connectivity index (χ0v) is 15.5. The number of hydrogen-bond donors (Lipinski definition) is 2. The first-order valence-electron chi connectivity index (χ1n) is 7.31. The Morgan fingerprint density at radius 2 is 1.77 bits per heavy atom. The smallest absolute Gasteiger partial charge is 0.238 e. The van der Waals surface area contributed by atoms with Crippen molar-refractivity contribution >= 4 is 45.1 Å². The summed E-state index contributed by atoms with van der Waals surface area (Å²) in [6, 6.07) is 14.7. The molecule has 26 heavy (non-hydrogen) atoms. The fourth-order valence-corrected chi connectivity index (χ4v) is 3.06. The third-order valence-electron chi connectivity index (χ3n) is 3.41. The normalized spacial score (nSPS) is 11.8. The zero-order valence-electron chi connectivity index (χ0n) is 13.2. The van der Waals surface area contributed by atoms with Crippen molar-refractivity contribution in [2.24, 2.45) is 10.2 Å². The summed E-state index contributed by atoms with van der Waals surface area (Å²) >= 11 is 12.2. The maximum atomic E-state index is 11.2. The highest BCUT2D eigenvalue weighted by Crippen LogP contribution is 2.34. The van der Waals surface area contributed by atoms with Gasteiger partial charge in [-0.3, -0.25) is 5.43 Å². The highest BCUT2D eigenvalue weighted by molar-refractivity contribution is 7.89. The Labute approximate surface area is 160 Å². The molecule has 134 valence electrons. The van der Waals surface area contributed by atoms with Gasteiger partial charge in [0.05, 0.1) is 26.8 Å². The van der Waals surface area contributed by atoms with Gasteiger partial charge < -0.3 is 4.42 Å². The van der Waals surface area contributed by atoms with Gasteiger partial charge in [0.25, 0.3) is 0 Å². The number of nitrogens with zero attached hydrogens (tertiary/aromatic N) is 1. The fraction of sp³-hybridized carbons (Fsp3) is 0. The van der Waals surface area contributed by atoms with E-state index in [-0.39, 0.29) is 4.90 Å². The van der Waals surface area contributed by atoms with Crippen LogP contribution >= 0.6 is 23.2 Å². The van der Waals surface area contributed by atoms with Crippen LogP contribution in [0, 0.1) is 0 Å². The van der Waals surface area contributed by atoms with E-state index in [2.05, 4.69) is 10.5 Å². The molecule has 3 rings (SSSR count). The van der Waals surface area contributed by atoms with E-state index in [1.807, 2.05) is 0 Å². The highest BCUT2D eigenvalue weighted by Gasteiger charge is 2.10. The van der Waals surface area contributed by atoms with Crippen molar-refractivity contribution < 1.29 is 12.8 Å². The Balaban J connectivity index is 1.70. The number of rotatable bonds is 5.